The highest BCUT2D eigenvalue weighted by Gasteiger charge is 2.25. The lowest BCUT2D eigenvalue weighted by Crippen LogP contribution is -2.49. The van der Waals surface area contributed by atoms with E-state index in [4.69, 9.17) is 0 Å². The lowest BCUT2D eigenvalue weighted by molar-refractivity contribution is 0.0746. The van der Waals surface area contributed by atoms with Crippen molar-refractivity contribution >= 4 is 22.9 Å². The second-order valence-corrected chi connectivity index (χ2v) is 7.75. The molecule has 31 heavy (non-hydrogen) atoms. The molecule has 0 bridgehead atoms. The van der Waals surface area contributed by atoms with Crippen LogP contribution in [-0.4, -0.2) is 61.9 Å². The van der Waals surface area contributed by atoms with Crippen molar-refractivity contribution in [3.63, 3.8) is 0 Å². The molecule has 0 atom stereocenters. The van der Waals surface area contributed by atoms with Gasteiger partial charge in [-0.3, -0.25) is 4.79 Å². The molecule has 8 heteroatoms. The number of carbonyl (C=O) groups is 1. The number of fused-ring (bicyclic) bond motifs is 1. The van der Waals surface area contributed by atoms with Crippen LogP contribution in [0.25, 0.3) is 11.2 Å². The van der Waals surface area contributed by atoms with E-state index in [0.717, 1.165) is 22.5 Å². The molecule has 4 aromatic rings. The van der Waals surface area contributed by atoms with E-state index in [0.29, 0.717) is 43.9 Å². The minimum absolute atomic E-state index is 0.0706. The van der Waals surface area contributed by atoms with E-state index in [9.17, 15) is 4.79 Å². The molecule has 1 fully saturated rings. The van der Waals surface area contributed by atoms with E-state index in [1.54, 1.807) is 11.0 Å². The Hall–Kier alpha value is -3.81. The van der Waals surface area contributed by atoms with Crippen LogP contribution in [0.5, 0.6) is 0 Å². The van der Waals surface area contributed by atoms with Gasteiger partial charge in [0.05, 0.1) is 6.54 Å². The zero-order valence-corrected chi connectivity index (χ0v) is 17.3. The first-order valence-electron chi connectivity index (χ1n) is 10.4. The third-order valence-electron chi connectivity index (χ3n) is 5.62. The summed E-state index contributed by atoms with van der Waals surface area (Å²) in [7, 11) is 0. The van der Waals surface area contributed by atoms with Crippen LogP contribution in [0.2, 0.25) is 0 Å². The normalized spacial score (nSPS) is 14.2. The summed E-state index contributed by atoms with van der Waals surface area (Å²) in [4.78, 5) is 25.8. The van der Waals surface area contributed by atoms with Crippen molar-refractivity contribution in [3.8, 4) is 0 Å². The van der Waals surface area contributed by atoms with Gasteiger partial charge in [0.15, 0.2) is 17.0 Å². The molecule has 0 N–H and O–H groups in total. The zero-order valence-electron chi connectivity index (χ0n) is 17.3. The molecular weight excluding hydrogens is 390 g/mol. The maximum atomic E-state index is 12.8. The maximum absolute atomic E-state index is 12.8. The number of benzene rings is 2. The van der Waals surface area contributed by atoms with Crippen molar-refractivity contribution in [3.05, 3.63) is 77.6 Å². The quantitative estimate of drug-likeness (QED) is 0.512. The second kappa shape index (κ2) is 8.14. The summed E-state index contributed by atoms with van der Waals surface area (Å²) in [6.07, 6.45) is 1.56. The zero-order chi connectivity index (χ0) is 21.2. The highest BCUT2D eigenvalue weighted by molar-refractivity contribution is 5.94. The summed E-state index contributed by atoms with van der Waals surface area (Å²) in [5, 5.41) is 8.67. The minimum atomic E-state index is 0.0706. The summed E-state index contributed by atoms with van der Waals surface area (Å²) in [6, 6.07) is 17.8. The van der Waals surface area contributed by atoms with E-state index in [-0.39, 0.29) is 5.91 Å². The number of carbonyl (C=O) groups excluding carboxylic acids is 1. The topological polar surface area (TPSA) is 80.0 Å². The number of piperazine rings is 1. The van der Waals surface area contributed by atoms with Gasteiger partial charge in [0.25, 0.3) is 5.91 Å². The fourth-order valence-corrected chi connectivity index (χ4v) is 3.87. The van der Waals surface area contributed by atoms with Crippen LogP contribution in [0.3, 0.4) is 0 Å². The van der Waals surface area contributed by atoms with Gasteiger partial charge in [-0.05, 0) is 24.6 Å². The number of hydrogen-bond acceptors (Lipinski definition) is 6. The second-order valence-electron chi connectivity index (χ2n) is 7.75. The van der Waals surface area contributed by atoms with Crippen LogP contribution in [0, 0.1) is 6.92 Å². The highest BCUT2D eigenvalue weighted by Crippen LogP contribution is 2.22. The Morgan fingerprint density at radius 1 is 0.935 bits per heavy atom. The molecular formula is C23H23N7O. The lowest BCUT2D eigenvalue weighted by atomic mass is 10.1. The number of rotatable bonds is 4. The van der Waals surface area contributed by atoms with Crippen molar-refractivity contribution in [1.29, 1.82) is 0 Å². The molecule has 1 saturated heterocycles. The molecule has 1 aliphatic rings. The molecule has 1 aliphatic heterocycles. The van der Waals surface area contributed by atoms with Crippen molar-refractivity contribution < 1.29 is 4.79 Å². The molecule has 8 nitrogen and oxygen atoms in total. The first-order chi connectivity index (χ1) is 15.2. The van der Waals surface area contributed by atoms with Crippen molar-refractivity contribution in [2.45, 2.75) is 13.5 Å². The molecule has 0 aliphatic carbocycles. The van der Waals surface area contributed by atoms with Crippen LogP contribution in [0.1, 0.15) is 21.5 Å². The fourth-order valence-electron chi connectivity index (χ4n) is 3.87. The van der Waals surface area contributed by atoms with Crippen LogP contribution in [0.4, 0.5) is 5.82 Å². The Morgan fingerprint density at radius 2 is 1.68 bits per heavy atom. The average molecular weight is 413 g/mol. The maximum Gasteiger partial charge on any atom is 0.253 e. The molecule has 0 spiro atoms. The molecule has 0 radical (unpaired) electrons. The van der Waals surface area contributed by atoms with Gasteiger partial charge in [-0.25, -0.2) is 14.6 Å². The van der Waals surface area contributed by atoms with Gasteiger partial charge >= 0.3 is 0 Å². The van der Waals surface area contributed by atoms with Gasteiger partial charge in [0, 0.05) is 31.7 Å². The Morgan fingerprint density at radius 3 is 2.42 bits per heavy atom. The highest BCUT2D eigenvalue weighted by atomic mass is 16.2. The van der Waals surface area contributed by atoms with E-state index in [2.05, 4.69) is 37.3 Å². The summed E-state index contributed by atoms with van der Waals surface area (Å²) in [5.41, 5.74) is 4.42. The summed E-state index contributed by atoms with van der Waals surface area (Å²) in [6.45, 7) is 5.27. The van der Waals surface area contributed by atoms with Crippen molar-refractivity contribution in [2.75, 3.05) is 31.1 Å². The Bertz CT molecular complexity index is 1200. The molecule has 0 unspecified atom stereocenters. The van der Waals surface area contributed by atoms with Gasteiger partial charge in [-0.1, -0.05) is 53.2 Å². The smallest absolute Gasteiger partial charge is 0.253 e. The Balaban J connectivity index is 1.32. The van der Waals surface area contributed by atoms with Gasteiger partial charge in [0.2, 0.25) is 0 Å². The standard InChI is InChI=1S/C23H23N7O/c1-17-7-9-19(10-8-17)23(31)29-13-11-28(12-14-29)21-20-22(25-16-24-21)30(27-26-20)15-18-5-3-2-4-6-18/h2-10,16H,11-15H2,1H3. The molecule has 5 rings (SSSR count). The van der Waals surface area contributed by atoms with Crippen molar-refractivity contribution in [2.24, 2.45) is 0 Å². The van der Waals surface area contributed by atoms with Crippen molar-refractivity contribution in [1.82, 2.24) is 29.9 Å². The number of anilines is 1. The van der Waals surface area contributed by atoms with Gasteiger partial charge in [-0.15, -0.1) is 5.10 Å². The lowest BCUT2D eigenvalue weighted by Gasteiger charge is -2.35. The van der Waals surface area contributed by atoms with E-state index in [1.165, 1.54) is 0 Å². The van der Waals surface area contributed by atoms with Gasteiger partial charge in [0.1, 0.15) is 6.33 Å². The number of hydrogen-bond donors (Lipinski definition) is 0. The number of aromatic nitrogens is 5. The van der Waals surface area contributed by atoms with Crippen LogP contribution >= 0.6 is 0 Å². The molecule has 2 aromatic carbocycles. The van der Waals surface area contributed by atoms with E-state index < -0.39 is 0 Å². The summed E-state index contributed by atoms with van der Waals surface area (Å²) in [5.74, 6) is 0.841. The van der Waals surface area contributed by atoms with E-state index in [1.807, 2.05) is 54.3 Å². The largest absolute Gasteiger partial charge is 0.351 e. The summed E-state index contributed by atoms with van der Waals surface area (Å²) >= 11 is 0. The van der Waals surface area contributed by atoms with Crippen LogP contribution in [0.15, 0.2) is 60.9 Å². The molecule has 156 valence electrons. The first-order valence-corrected chi connectivity index (χ1v) is 10.4. The number of nitrogens with zero attached hydrogens (tertiary/aromatic N) is 7. The van der Waals surface area contributed by atoms with Gasteiger partial charge in [-0.2, -0.15) is 0 Å². The number of amides is 1. The van der Waals surface area contributed by atoms with Crippen LogP contribution in [-0.2, 0) is 6.54 Å². The van der Waals surface area contributed by atoms with Crippen LogP contribution < -0.4 is 4.90 Å². The molecule has 2 aromatic heterocycles. The predicted molar refractivity (Wildman–Crippen MR) is 118 cm³/mol. The molecule has 3 heterocycles. The predicted octanol–water partition coefficient (Wildman–Crippen LogP) is 2.54. The van der Waals surface area contributed by atoms with Gasteiger partial charge < -0.3 is 9.80 Å². The molecule has 0 saturated carbocycles. The first kappa shape index (κ1) is 19.2. The third kappa shape index (κ3) is 3.84. The Labute approximate surface area is 180 Å². The monoisotopic (exact) mass is 413 g/mol. The summed E-state index contributed by atoms with van der Waals surface area (Å²) < 4.78 is 1.80. The fraction of sp³-hybridized carbons (Fsp3) is 0.261. The third-order valence-corrected chi connectivity index (χ3v) is 5.62. The minimum Gasteiger partial charge on any atom is -0.351 e. The molecule has 1 amide bonds. The number of aryl methyl sites for hydroxylation is 1. The Kier molecular flexibility index (Phi) is 5.03. The van der Waals surface area contributed by atoms with E-state index >= 15 is 0 Å². The SMILES string of the molecule is Cc1ccc(C(=O)N2CCN(c3ncnc4c3nnn4Cc3ccccc3)CC2)cc1. The average Bonchev–Trinajstić information content (AvgIpc) is 3.23.